The molecule has 8 heteroatoms. The van der Waals surface area contributed by atoms with Crippen LogP contribution in [0.3, 0.4) is 0 Å². The van der Waals surface area contributed by atoms with Gasteiger partial charge in [0.05, 0.1) is 11.3 Å². The van der Waals surface area contributed by atoms with Crippen LogP contribution in [0, 0.1) is 0 Å². The lowest BCUT2D eigenvalue weighted by Crippen LogP contribution is -2.54. The van der Waals surface area contributed by atoms with Crippen molar-refractivity contribution >= 4 is 40.9 Å². The minimum Gasteiger partial charge on any atom is -0.298 e. The van der Waals surface area contributed by atoms with Crippen molar-refractivity contribution in [2.75, 3.05) is 4.90 Å². The second-order valence-electron chi connectivity index (χ2n) is 6.10. The van der Waals surface area contributed by atoms with Gasteiger partial charge in [-0.05, 0) is 60.1 Å². The third-order valence-electron chi connectivity index (χ3n) is 4.23. The molecule has 0 aromatic heterocycles. The molecule has 0 unspecified atom stereocenters. The van der Waals surface area contributed by atoms with Crippen LogP contribution in [0.5, 0.6) is 0 Å². The summed E-state index contributed by atoms with van der Waals surface area (Å²) in [5.74, 6) is -1.45. The van der Waals surface area contributed by atoms with Gasteiger partial charge in [0.25, 0.3) is 11.8 Å². The van der Waals surface area contributed by atoms with E-state index in [0.29, 0.717) is 5.69 Å². The molecule has 1 heterocycles. The summed E-state index contributed by atoms with van der Waals surface area (Å²) in [4.78, 5) is 26.3. The summed E-state index contributed by atoms with van der Waals surface area (Å²) in [6.07, 6.45) is -2.58. The molecule has 1 fully saturated rings. The number of carbonyl (C=O) groups is 2. The summed E-state index contributed by atoms with van der Waals surface area (Å²) in [5, 5.41) is 2.33. The number of amides is 2. The number of alkyl halides is 3. The highest BCUT2D eigenvalue weighted by molar-refractivity contribution is 7.80. The van der Waals surface area contributed by atoms with Crippen molar-refractivity contribution in [1.29, 1.82) is 0 Å². The maximum absolute atomic E-state index is 12.9. The van der Waals surface area contributed by atoms with Gasteiger partial charge in [0.2, 0.25) is 0 Å². The van der Waals surface area contributed by atoms with Gasteiger partial charge in [-0.1, -0.05) is 31.2 Å². The summed E-state index contributed by atoms with van der Waals surface area (Å²) >= 11 is 5.11. The van der Waals surface area contributed by atoms with Crippen LogP contribution in [0.2, 0.25) is 0 Å². The van der Waals surface area contributed by atoms with E-state index in [-0.39, 0.29) is 16.2 Å². The number of thiocarbonyl (C=S) groups is 1. The zero-order valence-corrected chi connectivity index (χ0v) is 15.5. The van der Waals surface area contributed by atoms with E-state index in [0.717, 1.165) is 35.1 Å². The average molecular weight is 404 g/mol. The van der Waals surface area contributed by atoms with Gasteiger partial charge < -0.3 is 0 Å². The first-order valence-electron chi connectivity index (χ1n) is 8.38. The Morgan fingerprint density at radius 1 is 1.11 bits per heavy atom. The largest absolute Gasteiger partial charge is 0.416 e. The van der Waals surface area contributed by atoms with Gasteiger partial charge in [-0.25, -0.2) is 0 Å². The van der Waals surface area contributed by atoms with Gasteiger partial charge in [-0.15, -0.1) is 0 Å². The molecular formula is C20H15F3N2O2S. The molecule has 1 saturated heterocycles. The van der Waals surface area contributed by atoms with E-state index in [1.807, 2.05) is 19.1 Å². The number of carbonyl (C=O) groups excluding carboxylic acids is 2. The number of hydrogen-bond acceptors (Lipinski definition) is 3. The third kappa shape index (κ3) is 3.96. The van der Waals surface area contributed by atoms with Gasteiger partial charge in [0.1, 0.15) is 5.57 Å². The lowest BCUT2D eigenvalue weighted by atomic mass is 10.0. The summed E-state index contributed by atoms with van der Waals surface area (Å²) in [7, 11) is 0. The summed E-state index contributed by atoms with van der Waals surface area (Å²) in [6, 6.07) is 11.4. The summed E-state index contributed by atoms with van der Waals surface area (Å²) < 4.78 is 38.7. The normalized spacial score (nSPS) is 16.5. The number of aryl methyl sites for hydroxylation is 1. The van der Waals surface area contributed by atoms with E-state index in [9.17, 15) is 22.8 Å². The Bertz CT molecular complexity index is 982. The topological polar surface area (TPSA) is 49.4 Å². The smallest absolute Gasteiger partial charge is 0.298 e. The second-order valence-corrected chi connectivity index (χ2v) is 6.49. The van der Waals surface area contributed by atoms with Crippen LogP contribution in [-0.4, -0.2) is 16.9 Å². The molecule has 1 aliphatic heterocycles. The molecule has 0 radical (unpaired) electrons. The van der Waals surface area contributed by atoms with Gasteiger partial charge in [0.15, 0.2) is 5.11 Å². The van der Waals surface area contributed by atoms with Crippen LogP contribution in [0.25, 0.3) is 6.08 Å². The zero-order chi connectivity index (χ0) is 20.5. The van der Waals surface area contributed by atoms with E-state index in [1.54, 1.807) is 12.1 Å². The number of benzene rings is 2. The molecule has 0 saturated carbocycles. The average Bonchev–Trinajstić information content (AvgIpc) is 2.65. The molecule has 4 nitrogen and oxygen atoms in total. The molecule has 2 aromatic carbocycles. The highest BCUT2D eigenvalue weighted by atomic mass is 32.1. The van der Waals surface area contributed by atoms with Crippen LogP contribution in [-0.2, 0) is 22.2 Å². The second kappa shape index (κ2) is 7.55. The molecule has 2 aromatic rings. The van der Waals surface area contributed by atoms with Crippen molar-refractivity contribution in [2.24, 2.45) is 0 Å². The highest BCUT2D eigenvalue weighted by Gasteiger charge is 2.35. The van der Waals surface area contributed by atoms with Gasteiger partial charge in [-0.3, -0.25) is 19.8 Å². The van der Waals surface area contributed by atoms with E-state index in [4.69, 9.17) is 12.2 Å². The minimum absolute atomic E-state index is 0.0829. The van der Waals surface area contributed by atoms with Gasteiger partial charge in [0, 0.05) is 0 Å². The Hall–Kier alpha value is -3.00. The van der Waals surface area contributed by atoms with Gasteiger partial charge >= 0.3 is 6.18 Å². The standard InChI is InChI=1S/C20H15F3N2O2S/c1-2-12-6-8-15(9-7-12)25-18(27)16(17(26)24-19(25)28)11-13-4-3-5-14(10-13)20(21,22)23/h3-11H,2H2,1H3,(H,24,26,28)/b16-11+. The SMILES string of the molecule is CCc1ccc(N2C(=O)/C(=C/c3cccc(C(F)(F)F)c3)C(=O)NC2=S)cc1. The van der Waals surface area contributed by atoms with Crippen LogP contribution < -0.4 is 10.2 Å². The molecule has 0 aliphatic carbocycles. The monoisotopic (exact) mass is 404 g/mol. The molecule has 1 aliphatic rings. The quantitative estimate of drug-likeness (QED) is 0.476. The fourth-order valence-corrected chi connectivity index (χ4v) is 3.03. The van der Waals surface area contributed by atoms with E-state index < -0.39 is 23.6 Å². The van der Waals surface area contributed by atoms with Gasteiger partial charge in [-0.2, -0.15) is 13.2 Å². The molecular weight excluding hydrogens is 389 g/mol. The lowest BCUT2D eigenvalue weighted by molar-refractivity contribution is -0.137. The van der Waals surface area contributed by atoms with E-state index >= 15 is 0 Å². The van der Waals surface area contributed by atoms with Crippen molar-refractivity contribution in [1.82, 2.24) is 5.32 Å². The van der Waals surface area contributed by atoms with Crippen LogP contribution in [0.15, 0.2) is 54.1 Å². The van der Waals surface area contributed by atoms with Crippen LogP contribution in [0.1, 0.15) is 23.6 Å². The highest BCUT2D eigenvalue weighted by Crippen LogP contribution is 2.30. The maximum atomic E-state index is 12.9. The Labute approximate surface area is 164 Å². The molecule has 2 amide bonds. The Morgan fingerprint density at radius 3 is 2.39 bits per heavy atom. The number of nitrogens with one attached hydrogen (secondary N) is 1. The minimum atomic E-state index is -4.53. The number of anilines is 1. The molecule has 144 valence electrons. The van der Waals surface area contributed by atoms with E-state index in [1.165, 1.54) is 12.1 Å². The first-order valence-corrected chi connectivity index (χ1v) is 8.79. The Morgan fingerprint density at radius 2 is 1.79 bits per heavy atom. The van der Waals surface area contributed by atoms with Crippen molar-refractivity contribution in [3.8, 4) is 0 Å². The fraction of sp³-hybridized carbons (Fsp3) is 0.150. The van der Waals surface area contributed by atoms with Crippen molar-refractivity contribution < 1.29 is 22.8 Å². The van der Waals surface area contributed by atoms with Crippen molar-refractivity contribution in [3.05, 3.63) is 70.8 Å². The Balaban J connectivity index is 1.99. The number of nitrogens with zero attached hydrogens (tertiary/aromatic N) is 1. The molecule has 0 atom stereocenters. The molecule has 1 N–H and O–H groups in total. The zero-order valence-electron chi connectivity index (χ0n) is 14.7. The van der Waals surface area contributed by atoms with Crippen molar-refractivity contribution in [3.63, 3.8) is 0 Å². The predicted octanol–water partition coefficient (Wildman–Crippen LogP) is 4.10. The first-order chi connectivity index (χ1) is 13.2. The molecule has 3 rings (SSSR count). The number of rotatable bonds is 3. The van der Waals surface area contributed by atoms with E-state index in [2.05, 4.69) is 5.32 Å². The van der Waals surface area contributed by atoms with Crippen LogP contribution in [0.4, 0.5) is 18.9 Å². The fourth-order valence-electron chi connectivity index (χ4n) is 2.74. The summed E-state index contributed by atoms with van der Waals surface area (Å²) in [6.45, 7) is 1.99. The Kier molecular flexibility index (Phi) is 5.33. The lowest BCUT2D eigenvalue weighted by Gasteiger charge is -2.29. The first kappa shape index (κ1) is 19.8. The maximum Gasteiger partial charge on any atom is 0.416 e. The molecule has 28 heavy (non-hydrogen) atoms. The number of hydrogen-bond donors (Lipinski definition) is 1. The van der Waals surface area contributed by atoms with Crippen molar-refractivity contribution in [2.45, 2.75) is 19.5 Å². The number of halogens is 3. The van der Waals surface area contributed by atoms with Crippen LogP contribution >= 0.6 is 12.2 Å². The third-order valence-corrected chi connectivity index (χ3v) is 4.51. The predicted molar refractivity (Wildman–Crippen MR) is 103 cm³/mol. The molecule has 0 spiro atoms. The molecule has 0 bridgehead atoms. The summed E-state index contributed by atoms with van der Waals surface area (Å²) in [5.41, 5.74) is 0.438.